The molecule has 1 aliphatic carbocycles. The summed E-state index contributed by atoms with van der Waals surface area (Å²) in [6.45, 7) is 6.48. The number of hydrogen-bond donors (Lipinski definition) is 1. The van der Waals surface area contributed by atoms with Crippen molar-refractivity contribution in [1.29, 1.82) is 0 Å². The van der Waals surface area contributed by atoms with Gasteiger partial charge in [-0.25, -0.2) is 0 Å². The SMILES string of the molecule is CC1(C)[C@@H](Br)C[C@@H](O)[C@@](C)(Br)[C@@]12Cc1cc(Br)cc(Br)c1O2. The van der Waals surface area contributed by atoms with Gasteiger partial charge in [-0.15, -0.1) is 0 Å². The molecule has 0 amide bonds. The molecule has 1 aromatic rings. The summed E-state index contributed by atoms with van der Waals surface area (Å²) in [6, 6.07) is 4.11. The van der Waals surface area contributed by atoms with E-state index in [1.54, 1.807) is 0 Å². The molecule has 0 aromatic heterocycles. The average Bonchev–Trinajstić information content (AvgIpc) is 2.78. The van der Waals surface area contributed by atoms with E-state index < -0.39 is 16.0 Å². The van der Waals surface area contributed by atoms with Gasteiger partial charge < -0.3 is 9.84 Å². The lowest BCUT2D eigenvalue weighted by Crippen LogP contribution is -2.71. The molecule has 2 aliphatic rings. The minimum absolute atomic E-state index is 0.157. The van der Waals surface area contributed by atoms with Gasteiger partial charge in [-0.05, 0) is 41.4 Å². The molecule has 1 saturated carbocycles. The lowest BCUT2D eigenvalue weighted by molar-refractivity contribution is -0.116. The van der Waals surface area contributed by atoms with E-state index in [0.29, 0.717) is 6.42 Å². The largest absolute Gasteiger partial charge is 0.483 e. The summed E-state index contributed by atoms with van der Waals surface area (Å²) in [7, 11) is 0. The van der Waals surface area contributed by atoms with Crippen LogP contribution in [-0.4, -0.2) is 26.0 Å². The average molecular weight is 562 g/mol. The van der Waals surface area contributed by atoms with Crippen LogP contribution in [0.25, 0.3) is 0 Å². The number of aliphatic hydroxyl groups excluding tert-OH is 1. The highest BCUT2D eigenvalue weighted by molar-refractivity contribution is 9.11. The maximum Gasteiger partial charge on any atom is 0.137 e. The zero-order valence-electron chi connectivity index (χ0n) is 12.6. The number of ether oxygens (including phenoxy) is 1. The molecule has 22 heavy (non-hydrogen) atoms. The highest BCUT2D eigenvalue weighted by Crippen LogP contribution is 2.62. The van der Waals surface area contributed by atoms with Crippen molar-refractivity contribution in [2.24, 2.45) is 5.41 Å². The van der Waals surface area contributed by atoms with Crippen LogP contribution in [0, 0.1) is 5.41 Å². The quantitative estimate of drug-likeness (QED) is 0.418. The number of alkyl halides is 2. The lowest BCUT2D eigenvalue weighted by Gasteiger charge is -2.59. The van der Waals surface area contributed by atoms with Gasteiger partial charge in [0.25, 0.3) is 0 Å². The maximum absolute atomic E-state index is 10.7. The van der Waals surface area contributed by atoms with Crippen molar-refractivity contribution in [2.75, 3.05) is 0 Å². The molecule has 0 bridgehead atoms. The third-order valence-electron chi connectivity index (χ3n) is 5.47. The van der Waals surface area contributed by atoms with Gasteiger partial charge in [-0.2, -0.15) is 0 Å². The number of fused-ring (bicyclic) bond motifs is 1. The summed E-state index contributed by atoms with van der Waals surface area (Å²) in [6.07, 6.45) is 0.969. The first kappa shape index (κ1) is 17.7. The fourth-order valence-electron chi connectivity index (χ4n) is 3.83. The molecule has 1 aliphatic heterocycles. The van der Waals surface area contributed by atoms with E-state index in [9.17, 15) is 5.11 Å². The van der Waals surface area contributed by atoms with E-state index in [1.807, 2.05) is 13.0 Å². The second kappa shape index (κ2) is 5.45. The van der Waals surface area contributed by atoms with E-state index in [-0.39, 0.29) is 10.2 Å². The molecule has 1 N–H and O–H groups in total. The molecule has 0 unspecified atom stereocenters. The molecule has 1 heterocycles. The molecule has 4 atom stereocenters. The minimum Gasteiger partial charge on any atom is -0.483 e. The molecule has 122 valence electrons. The van der Waals surface area contributed by atoms with Crippen LogP contribution in [-0.2, 0) is 6.42 Å². The van der Waals surface area contributed by atoms with Crippen molar-refractivity contribution in [3.05, 3.63) is 26.6 Å². The first-order valence-corrected chi connectivity index (χ1v) is 10.5. The molecule has 1 fully saturated rings. The summed E-state index contributed by atoms with van der Waals surface area (Å²) in [4.78, 5) is 0.178. The minimum atomic E-state index is -0.530. The maximum atomic E-state index is 10.7. The standard InChI is InChI=1S/C16H18Br4O2/c1-14(2)11(19)6-12(21)15(3,20)16(14)7-8-4-9(17)5-10(18)13(8)22-16/h4-5,11-12,21H,6-7H2,1-3H3/t11-,12+,15+,16+/m0/s1. The van der Waals surface area contributed by atoms with Crippen LogP contribution in [0.2, 0.25) is 0 Å². The Balaban J connectivity index is 2.18. The molecular formula is C16H18Br4O2. The van der Waals surface area contributed by atoms with Crippen LogP contribution in [0.15, 0.2) is 21.1 Å². The van der Waals surface area contributed by atoms with Gasteiger partial charge in [0.2, 0.25) is 0 Å². The predicted octanol–water partition coefficient (Wildman–Crippen LogP) is 5.59. The summed E-state index contributed by atoms with van der Waals surface area (Å²) < 4.78 is 8.03. The second-order valence-corrected chi connectivity index (χ2v) is 11.5. The Hall–Kier alpha value is 0.900. The predicted molar refractivity (Wildman–Crippen MR) is 103 cm³/mol. The first-order valence-electron chi connectivity index (χ1n) is 7.21. The van der Waals surface area contributed by atoms with Crippen molar-refractivity contribution < 1.29 is 9.84 Å². The van der Waals surface area contributed by atoms with Crippen LogP contribution in [0.1, 0.15) is 32.8 Å². The molecule has 0 saturated heterocycles. The highest BCUT2D eigenvalue weighted by atomic mass is 79.9. The van der Waals surface area contributed by atoms with E-state index in [2.05, 4.69) is 83.6 Å². The molecule has 0 radical (unpaired) electrons. The topological polar surface area (TPSA) is 29.5 Å². The van der Waals surface area contributed by atoms with Crippen molar-refractivity contribution in [3.63, 3.8) is 0 Å². The number of rotatable bonds is 0. The Bertz CT molecular complexity index is 607. The van der Waals surface area contributed by atoms with E-state index in [4.69, 9.17) is 4.74 Å². The molecule has 3 rings (SSSR count). The van der Waals surface area contributed by atoms with Gasteiger partial charge >= 0.3 is 0 Å². The molecule has 1 spiro atoms. The van der Waals surface area contributed by atoms with E-state index in [1.165, 1.54) is 0 Å². The van der Waals surface area contributed by atoms with Crippen molar-refractivity contribution >= 4 is 63.7 Å². The van der Waals surface area contributed by atoms with Crippen LogP contribution in [0.4, 0.5) is 0 Å². The van der Waals surface area contributed by atoms with Gasteiger partial charge in [0.05, 0.1) is 14.9 Å². The first-order chi connectivity index (χ1) is 10.0. The van der Waals surface area contributed by atoms with Crippen molar-refractivity contribution in [3.8, 4) is 5.75 Å². The number of halogens is 4. The highest BCUT2D eigenvalue weighted by Gasteiger charge is 2.68. The molecule has 6 heteroatoms. The van der Waals surface area contributed by atoms with Crippen LogP contribution in [0.3, 0.4) is 0 Å². The zero-order chi connectivity index (χ0) is 16.5. The molecular weight excluding hydrogens is 544 g/mol. The Morgan fingerprint density at radius 1 is 1.23 bits per heavy atom. The Labute approximate surface area is 164 Å². The van der Waals surface area contributed by atoms with Gasteiger partial charge in [0.15, 0.2) is 0 Å². The summed E-state index contributed by atoms with van der Waals surface area (Å²) >= 11 is 14.8. The fraction of sp³-hybridized carbons (Fsp3) is 0.625. The van der Waals surface area contributed by atoms with E-state index >= 15 is 0 Å². The van der Waals surface area contributed by atoms with Gasteiger partial charge in [0, 0.05) is 26.7 Å². The summed E-state index contributed by atoms with van der Waals surface area (Å²) in [5, 5.41) is 10.7. The second-order valence-electron chi connectivity index (χ2n) is 7.00. The smallest absolute Gasteiger partial charge is 0.137 e. The van der Waals surface area contributed by atoms with Crippen molar-refractivity contribution in [2.45, 2.75) is 54.5 Å². The number of hydrogen-bond acceptors (Lipinski definition) is 2. The molecule has 2 nitrogen and oxygen atoms in total. The summed E-state index contributed by atoms with van der Waals surface area (Å²) in [5.74, 6) is 0.885. The molecule has 1 aromatic carbocycles. The normalized spacial score (nSPS) is 39.6. The van der Waals surface area contributed by atoms with Gasteiger partial charge in [-0.1, -0.05) is 61.6 Å². The number of benzene rings is 1. The van der Waals surface area contributed by atoms with Crippen molar-refractivity contribution in [1.82, 2.24) is 0 Å². The number of aliphatic hydroxyl groups is 1. The van der Waals surface area contributed by atoms with Crippen LogP contribution < -0.4 is 4.74 Å². The van der Waals surface area contributed by atoms with Crippen LogP contribution >= 0.6 is 63.7 Å². The third kappa shape index (κ3) is 2.23. The zero-order valence-corrected chi connectivity index (χ0v) is 18.9. The fourth-order valence-corrected chi connectivity index (χ4v) is 6.87. The van der Waals surface area contributed by atoms with Gasteiger partial charge in [0.1, 0.15) is 11.4 Å². The Kier molecular flexibility index (Phi) is 4.39. The third-order valence-corrected chi connectivity index (χ3v) is 9.20. The summed E-state index contributed by atoms with van der Waals surface area (Å²) in [5.41, 5.74) is 0.473. The van der Waals surface area contributed by atoms with Gasteiger partial charge in [-0.3, -0.25) is 0 Å². The lowest BCUT2D eigenvalue weighted by atomic mass is 9.58. The van der Waals surface area contributed by atoms with E-state index in [0.717, 1.165) is 26.7 Å². The Morgan fingerprint density at radius 3 is 2.50 bits per heavy atom. The van der Waals surface area contributed by atoms with Crippen LogP contribution in [0.5, 0.6) is 5.75 Å². The monoisotopic (exact) mass is 558 g/mol. The Morgan fingerprint density at radius 2 is 1.86 bits per heavy atom.